The summed E-state index contributed by atoms with van der Waals surface area (Å²) in [6, 6.07) is 6.08. The first-order valence-electron chi connectivity index (χ1n) is 5.69. The van der Waals surface area contributed by atoms with Crippen molar-refractivity contribution in [3.8, 4) is 0 Å². The minimum absolute atomic E-state index is 0.606. The van der Waals surface area contributed by atoms with Gasteiger partial charge in [-0.05, 0) is 42.9 Å². The minimum Gasteiger partial charge on any atom is -0.383 e. The van der Waals surface area contributed by atoms with Crippen molar-refractivity contribution in [1.82, 2.24) is 9.59 Å². The first-order chi connectivity index (χ1) is 8.13. The van der Waals surface area contributed by atoms with Crippen LogP contribution in [-0.2, 0) is 6.42 Å². The summed E-state index contributed by atoms with van der Waals surface area (Å²) in [5.41, 5.74) is 4.14. The lowest BCUT2D eigenvalue weighted by Crippen LogP contribution is -2.03. The van der Waals surface area contributed by atoms with Gasteiger partial charge in [0.05, 0.1) is 10.6 Å². The van der Waals surface area contributed by atoms with Gasteiger partial charge in [-0.15, -0.1) is 5.10 Å². The molecule has 0 bridgehead atoms. The van der Waals surface area contributed by atoms with Crippen LogP contribution in [0.5, 0.6) is 0 Å². The molecule has 0 saturated heterocycles. The van der Waals surface area contributed by atoms with Crippen molar-refractivity contribution in [3.05, 3.63) is 45.5 Å². The molecule has 1 atom stereocenters. The van der Waals surface area contributed by atoms with Gasteiger partial charge in [0.15, 0.2) is 0 Å². The van der Waals surface area contributed by atoms with Crippen molar-refractivity contribution in [1.29, 1.82) is 0 Å². The van der Waals surface area contributed by atoms with E-state index in [1.165, 1.54) is 17.1 Å². The Morgan fingerprint density at radius 3 is 2.76 bits per heavy atom. The molecule has 1 N–H and O–H groups in total. The molecule has 0 saturated carbocycles. The van der Waals surface area contributed by atoms with Crippen LogP contribution >= 0.6 is 11.5 Å². The van der Waals surface area contributed by atoms with Crippen LogP contribution in [0, 0.1) is 13.8 Å². The lowest BCUT2D eigenvalue weighted by Gasteiger charge is -2.13. The second-order valence-corrected chi connectivity index (χ2v) is 4.99. The SMILES string of the molecule is CCc1nnsc1C(O)c1ccc(C)cc1C. The number of rotatable bonds is 3. The van der Waals surface area contributed by atoms with Gasteiger partial charge in [0.25, 0.3) is 0 Å². The topological polar surface area (TPSA) is 46.0 Å². The van der Waals surface area contributed by atoms with E-state index in [1.807, 2.05) is 26.0 Å². The maximum Gasteiger partial charge on any atom is 0.117 e. The van der Waals surface area contributed by atoms with E-state index in [2.05, 4.69) is 22.6 Å². The zero-order valence-corrected chi connectivity index (χ0v) is 11.1. The fourth-order valence-electron chi connectivity index (χ4n) is 1.94. The highest BCUT2D eigenvalue weighted by molar-refractivity contribution is 7.05. The Balaban J connectivity index is 2.40. The van der Waals surface area contributed by atoms with E-state index in [0.717, 1.165) is 28.1 Å². The summed E-state index contributed by atoms with van der Waals surface area (Å²) in [4.78, 5) is 0.861. The van der Waals surface area contributed by atoms with E-state index in [1.54, 1.807) is 0 Å². The molecule has 0 aliphatic carbocycles. The summed E-state index contributed by atoms with van der Waals surface area (Å²) in [6.45, 7) is 6.09. The minimum atomic E-state index is -0.606. The van der Waals surface area contributed by atoms with Gasteiger partial charge in [-0.2, -0.15) is 0 Å². The van der Waals surface area contributed by atoms with Gasteiger partial charge in [-0.1, -0.05) is 35.2 Å². The van der Waals surface area contributed by atoms with Crippen LogP contribution in [0.4, 0.5) is 0 Å². The van der Waals surface area contributed by atoms with E-state index < -0.39 is 6.10 Å². The molecular formula is C13H16N2OS. The number of aryl methyl sites for hydroxylation is 3. The fourth-order valence-corrected chi connectivity index (χ4v) is 2.69. The first-order valence-corrected chi connectivity index (χ1v) is 6.47. The molecule has 1 aromatic carbocycles. The number of hydrogen-bond acceptors (Lipinski definition) is 4. The second kappa shape index (κ2) is 4.94. The van der Waals surface area contributed by atoms with Crippen molar-refractivity contribution >= 4 is 11.5 Å². The maximum absolute atomic E-state index is 10.4. The van der Waals surface area contributed by atoms with Gasteiger partial charge in [0.1, 0.15) is 6.10 Å². The van der Waals surface area contributed by atoms with E-state index in [4.69, 9.17) is 0 Å². The zero-order valence-electron chi connectivity index (χ0n) is 10.3. The summed E-state index contributed by atoms with van der Waals surface area (Å²) in [5.74, 6) is 0. The average Bonchev–Trinajstić information content (AvgIpc) is 2.76. The summed E-state index contributed by atoms with van der Waals surface area (Å²) < 4.78 is 3.92. The van der Waals surface area contributed by atoms with Crippen molar-refractivity contribution < 1.29 is 5.11 Å². The van der Waals surface area contributed by atoms with Crippen molar-refractivity contribution in [3.63, 3.8) is 0 Å². The van der Waals surface area contributed by atoms with Gasteiger partial charge in [-0.25, -0.2) is 0 Å². The number of aliphatic hydroxyl groups excluding tert-OH is 1. The molecule has 0 fully saturated rings. The number of aromatic nitrogens is 2. The van der Waals surface area contributed by atoms with E-state index >= 15 is 0 Å². The maximum atomic E-state index is 10.4. The highest BCUT2D eigenvalue weighted by Crippen LogP contribution is 2.29. The average molecular weight is 248 g/mol. The molecule has 2 aromatic rings. The largest absolute Gasteiger partial charge is 0.383 e. The standard InChI is InChI=1S/C13H16N2OS/c1-4-11-13(17-15-14-11)12(16)10-6-5-8(2)7-9(10)3/h5-7,12,16H,4H2,1-3H3. The van der Waals surface area contributed by atoms with Gasteiger partial charge < -0.3 is 5.11 Å². The molecule has 1 aromatic heterocycles. The summed E-state index contributed by atoms with van der Waals surface area (Å²) in [5, 5.41) is 14.4. The third-order valence-corrected chi connectivity index (χ3v) is 3.71. The third kappa shape index (κ3) is 2.37. The molecule has 3 nitrogen and oxygen atoms in total. The molecule has 4 heteroatoms. The molecule has 0 amide bonds. The van der Waals surface area contributed by atoms with Crippen LogP contribution in [0.3, 0.4) is 0 Å². The summed E-state index contributed by atoms with van der Waals surface area (Å²) >= 11 is 1.28. The lowest BCUT2D eigenvalue weighted by atomic mass is 9.99. The Morgan fingerprint density at radius 1 is 1.35 bits per heavy atom. The van der Waals surface area contributed by atoms with Gasteiger partial charge in [0.2, 0.25) is 0 Å². The highest BCUT2D eigenvalue weighted by atomic mass is 32.1. The number of benzene rings is 1. The zero-order chi connectivity index (χ0) is 12.4. The predicted octanol–water partition coefficient (Wildman–Crippen LogP) is 2.80. The quantitative estimate of drug-likeness (QED) is 0.908. The molecule has 17 heavy (non-hydrogen) atoms. The Morgan fingerprint density at radius 2 is 2.12 bits per heavy atom. The lowest BCUT2D eigenvalue weighted by molar-refractivity contribution is 0.222. The molecule has 0 radical (unpaired) electrons. The molecule has 1 unspecified atom stereocenters. The normalized spacial score (nSPS) is 12.7. The van der Waals surface area contributed by atoms with Crippen molar-refractivity contribution in [2.75, 3.05) is 0 Å². The molecule has 0 aliphatic heterocycles. The Bertz CT molecular complexity index is 522. The first kappa shape index (κ1) is 12.2. The summed E-state index contributed by atoms with van der Waals surface area (Å²) in [7, 11) is 0. The van der Waals surface area contributed by atoms with E-state index in [-0.39, 0.29) is 0 Å². The van der Waals surface area contributed by atoms with Crippen LogP contribution in [0.2, 0.25) is 0 Å². The third-order valence-electron chi connectivity index (χ3n) is 2.89. The molecule has 0 aliphatic rings. The second-order valence-electron chi connectivity index (χ2n) is 4.20. The van der Waals surface area contributed by atoms with E-state index in [9.17, 15) is 5.11 Å². The molecule has 90 valence electrons. The molecular weight excluding hydrogens is 232 g/mol. The Labute approximate surface area is 105 Å². The predicted molar refractivity (Wildman–Crippen MR) is 69.3 cm³/mol. The van der Waals surface area contributed by atoms with Crippen molar-refractivity contribution in [2.24, 2.45) is 0 Å². The Kier molecular flexibility index (Phi) is 3.54. The van der Waals surface area contributed by atoms with Crippen LogP contribution in [0.1, 0.15) is 40.3 Å². The van der Waals surface area contributed by atoms with Gasteiger partial charge in [0, 0.05) is 0 Å². The number of nitrogens with zero attached hydrogens (tertiary/aromatic N) is 2. The molecule has 0 spiro atoms. The molecule has 2 rings (SSSR count). The number of aliphatic hydroxyl groups is 1. The van der Waals surface area contributed by atoms with Crippen LogP contribution < -0.4 is 0 Å². The highest BCUT2D eigenvalue weighted by Gasteiger charge is 2.19. The van der Waals surface area contributed by atoms with E-state index in [0.29, 0.717) is 0 Å². The van der Waals surface area contributed by atoms with Crippen LogP contribution in [-0.4, -0.2) is 14.7 Å². The smallest absolute Gasteiger partial charge is 0.117 e. The Hall–Kier alpha value is -1.26. The van der Waals surface area contributed by atoms with Gasteiger partial charge >= 0.3 is 0 Å². The van der Waals surface area contributed by atoms with Gasteiger partial charge in [-0.3, -0.25) is 0 Å². The van der Waals surface area contributed by atoms with Crippen LogP contribution in [0.25, 0.3) is 0 Å². The monoisotopic (exact) mass is 248 g/mol. The number of hydrogen-bond donors (Lipinski definition) is 1. The molecule has 1 heterocycles. The van der Waals surface area contributed by atoms with Crippen molar-refractivity contribution in [2.45, 2.75) is 33.3 Å². The summed E-state index contributed by atoms with van der Waals surface area (Å²) in [6.07, 6.45) is 0.193. The fraction of sp³-hybridized carbons (Fsp3) is 0.385. The van der Waals surface area contributed by atoms with Crippen LogP contribution in [0.15, 0.2) is 18.2 Å².